The van der Waals surface area contributed by atoms with Gasteiger partial charge in [-0.25, -0.2) is 9.59 Å². The van der Waals surface area contributed by atoms with Crippen LogP contribution in [0, 0.1) is 11.8 Å². The fourth-order valence-corrected chi connectivity index (χ4v) is 4.88. The summed E-state index contributed by atoms with van der Waals surface area (Å²) in [6, 6.07) is 15.6. The molecule has 0 radical (unpaired) electrons. The van der Waals surface area contributed by atoms with Gasteiger partial charge in [-0.2, -0.15) is 0 Å². The maximum atomic E-state index is 12.3. The molecule has 2 aromatic rings. The average molecular weight is 465 g/mol. The lowest BCUT2D eigenvalue weighted by atomic mass is 9.79. The van der Waals surface area contributed by atoms with Crippen molar-refractivity contribution < 1.29 is 24.2 Å². The third kappa shape index (κ3) is 5.41. The lowest BCUT2D eigenvalue weighted by Crippen LogP contribution is -2.48. The number of carboxylic acid groups (broad SMARTS) is 1. The molecule has 1 fully saturated rings. The monoisotopic (exact) mass is 464 g/mol. The van der Waals surface area contributed by atoms with Crippen molar-refractivity contribution in [2.75, 3.05) is 13.2 Å². The highest BCUT2D eigenvalue weighted by Gasteiger charge is 2.34. The van der Waals surface area contributed by atoms with E-state index in [-0.39, 0.29) is 36.7 Å². The second-order valence-corrected chi connectivity index (χ2v) is 9.42. The van der Waals surface area contributed by atoms with Gasteiger partial charge in [0.2, 0.25) is 5.91 Å². The molecular formula is C27H32N2O5. The zero-order chi connectivity index (χ0) is 24.1. The molecule has 7 heteroatoms. The molecule has 180 valence electrons. The molecule has 2 unspecified atom stereocenters. The Morgan fingerprint density at radius 3 is 2.21 bits per heavy atom. The van der Waals surface area contributed by atoms with Crippen LogP contribution in [0.2, 0.25) is 0 Å². The predicted molar refractivity (Wildman–Crippen MR) is 128 cm³/mol. The lowest BCUT2D eigenvalue weighted by Gasteiger charge is -2.31. The quantitative estimate of drug-likeness (QED) is 0.486. The predicted octanol–water partition coefficient (Wildman–Crippen LogP) is 4.31. The SMILES string of the molecule is CC(CCNC(=O)OCC1c2ccccc2-c2ccccc21)CC(=O)NC(C(=O)O)C1CCC1. The number of aliphatic carboxylic acids is 1. The molecule has 2 aliphatic carbocycles. The van der Waals surface area contributed by atoms with Crippen molar-refractivity contribution in [3.05, 3.63) is 59.7 Å². The van der Waals surface area contributed by atoms with Crippen molar-refractivity contribution in [1.82, 2.24) is 10.6 Å². The van der Waals surface area contributed by atoms with E-state index in [9.17, 15) is 19.5 Å². The summed E-state index contributed by atoms with van der Waals surface area (Å²) in [5.41, 5.74) is 4.69. The number of rotatable bonds is 10. The molecule has 4 rings (SSSR count). The van der Waals surface area contributed by atoms with Crippen molar-refractivity contribution in [1.29, 1.82) is 0 Å². The van der Waals surface area contributed by atoms with Crippen molar-refractivity contribution in [2.45, 2.75) is 51.0 Å². The summed E-state index contributed by atoms with van der Waals surface area (Å²) in [4.78, 5) is 36.0. The minimum Gasteiger partial charge on any atom is -0.480 e. The Hall–Kier alpha value is -3.35. The maximum absolute atomic E-state index is 12.3. The molecule has 34 heavy (non-hydrogen) atoms. The molecule has 0 aromatic heterocycles. The lowest BCUT2D eigenvalue weighted by molar-refractivity contribution is -0.144. The second kappa shape index (κ2) is 10.7. The molecule has 1 saturated carbocycles. The number of amides is 2. The van der Waals surface area contributed by atoms with Crippen molar-refractivity contribution in [3.8, 4) is 11.1 Å². The van der Waals surface area contributed by atoms with Gasteiger partial charge >= 0.3 is 12.1 Å². The topological polar surface area (TPSA) is 105 Å². The zero-order valence-electron chi connectivity index (χ0n) is 19.5. The first kappa shape index (κ1) is 23.8. The van der Waals surface area contributed by atoms with E-state index in [2.05, 4.69) is 34.9 Å². The van der Waals surface area contributed by atoms with Gasteiger partial charge in [0.1, 0.15) is 12.6 Å². The van der Waals surface area contributed by atoms with Crippen LogP contribution >= 0.6 is 0 Å². The Balaban J connectivity index is 1.19. The Morgan fingerprint density at radius 2 is 1.65 bits per heavy atom. The first-order valence-corrected chi connectivity index (χ1v) is 12.0. The molecule has 3 N–H and O–H groups in total. The number of nitrogens with one attached hydrogen (secondary N) is 2. The van der Waals surface area contributed by atoms with Gasteiger partial charge in [0.05, 0.1) is 0 Å². The van der Waals surface area contributed by atoms with Gasteiger partial charge in [-0.1, -0.05) is 61.9 Å². The molecule has 2 aromatic carbocycles. The Morgan fingerprint density at radius 1 is 1.03 bits per heavy atom. The number of alkyl carbamates (subject to hydrolysis) is 1. The van der Waals surface area contributed by atoms with E-state index >= 15 is 0 Å². The summed E-state index contributed by atoms with van der Waals surface area (Å²) in [5, 5.41) is 14.8. The number of carbonyl (C=O) groups is 3. The highest BCUT2D eigenvalue weighted by molar-refractivity contribution is 5.84. The molecule has 2 amide bonds. The third-order valence-corrected chi connectivity index (χ3v) is 6.99. The number of ether oxygens (including phenoxy) is 1. The second-order valence-electron chi connectivity index (χ2n) is 9.42. The van der Waals surface area contributed by atoms with E-state index in [0.717, 1.165) is 30.4 Å². The van der Waals surface area contributed by atoms with Crippen LogP contribution in [-0.2, 0) is 14.3 Å². The minimum absolute atomic E-state index is 0.00437. The normalized spacial score (nSPS) is 16.5. The van der Waals surface area contributed by atoms with Crippen LogP contribution in [0.15, 0.2) is 48.5 Å². The van der Waals surface area contributed by atoms with Crippen LogP contribution in [0.25, 0.3) is 11.1 Å². The summed E-state index contributed by atoms with van der Waals surface area (Å²) in [7, 11) is 0. The summed E-state index contributed by atoms with van der Waals surface area (Å²) in [5.74, 6) is -1.18. The van der Waals surface area contributed by atoms with Crippen LogP contribution < -0.4 is 10.6 Å². The molecule has 2 aliphatic rings. The van der Waals surface area contributed by atoms with Crippen LogP contribution in [0.1, 0.15) is 56.1 Å². The number of fused-ring (bicyclic) bond motifs is 3. The van der Waals surface area contributed by atoms with E-state index in [1.165, 1.54) is 11.1 Å². The number of hydrogen-bond donors (Lipinski definition) is 3. The number of hydrogen-bond acceptors (Lipinski definition) is 4. The van der Waals surface area contributed by atoms with Gasteiger partial charge in [0.25, 0.3) is 0 Å². The summed E-state index contributed by atoms with van der Waals surface area (Å²) >= 11 is 0. The van der Waals surface area contributed by atoms with E-state index < -0.39 is 18.1 Å². The molecule has 0 spiro atoms. The van der Waals surface area contributed by atoms with E-state index in [1.807, 2.05) is 31.2 Å². The smallest absolute Gasteiger partial charge is 0.407 e. The van der Waals surface area contributed by atoms with Gasteiger partial charge in [-0.15, -0.1) is 0 Å². The number of carbonyl (C=O) groups excluding carboxylic acids is 2. The highest BCUT2D eigenvalue weighted by Crippen LogP contribution is 2.44. The highest BCUT2D eigenvalue weighted by atomic mass is 16.5. The first-order chi connectivity index (χ1) is 16.4. The van der Waals surface area contributed by atoms with Gasteiger partial charge in [-0.3, -0.25) is 4.79 Å². The van der Waals surface area contributed by atoms with E-state index in [1.54, 1.807) is 0 Å². The van der Waals surface area contributed by atoms with Gasteiger partial charge in [0, 0.05) is 18.9 Å². The minimum atomic E-state index is -0.970. The van der Waals surface area contributed by atoms with Crippen LogP contribution in [0.5, 0.6) is 0 Å². The fourth-order valence-electron chi connectivity index (χ4n) is 4.88. The number of benzene rings is 2. The van der Waals surface area contributed by atoms with Crippen LogP contribution in [-0.4, -0.2) is 42.3 Å². The summed E-state index contributed by atoms with van der Waals surface area (Å²) in [6.07, 6.45) is 3.05. The Bertz CT molecular complexity index is 1000. The molecule has 0 heterocycles. The average Bonchev–Trinajstić information content (AvgIpc) is 3.09. The zero-order valence-corrected chi connectivity index (χ0v) is 19.5. The summed E-state index contributed by atoms with van der Waals surface area (Å²) < 4.78 is 5.53. The molecule has 0 bridgehead atoms. The molecule has 7 nitrogen and oxygen atoms in total. The largest absolute Gasteiger partial charge is 0.480 e. The Kier molecular flexibility index (Phi) is 7.50. The van der Waals surface area contributed by atoms with Crippen molar-refractivity contribution >= 4 is 18.0 Å². The van der Waals surface area contributed by atoms with Crippen molar-refractivity contribution in [2.24, 2.45) is 11.8 Å². The van der Waals surface area contributed by atoms with E-state index in [0.29, 0.717) is 13.0 Å². The van der Waals surface area contributed by atoms with Crippen molar-refractivity contribution in [3.63, 3.8) is 0 Å². The van der Waals surface area contributed by atoms with Gasteiger partial charge in [0.15, 0.2) is 0 Å². The molecular weight excluding hydrogens is 432 g/mol. The maximum Gasteiger partial charge on any atom is 0.407 e. The van der Waals surface area contributed by atoms with Gasteiger partial charge in [-0.05, 0) is 53.4 Å². The van der Waals surface area contributed by atoms with E-state index in [4.69, 9.17) is 4.74 Å². The Labute approximate surface area is 199 Å². The molecule has 2 atom stereocenters. The first-order valence-electron chi connectivity index (χ1n) is 12.0. The third-order valence-electron chi connectivity index (χ3n) is 6.99. The van der Waals surface area contributed by atoms with Crippen LogP contribution in [0.3, 0.4) is 0 Å². The van der Waals surface area contributed by atoms with Crippen LogP contribution in [0.4, 0.5) is 4.79 Å². The standard InChI is InChI=1S/C27H32N2O5/c1-17(15-24(30)29-25(26(31)32)18-7-6-8-18)13-14-28-27(33)34-16-23-21-11-4-2-9-19(21)20-10-3-5-12-22(20)23/h2-5,9-12,17-18,23,25H,6-8,13-16H2,1H3,(H,28,33)(H,29,30)(H,31,32). The number of carboxylic acids is 1. The summed E-state index contributed by atoms with van der Waals surface area (Å²) in [6.45, 7) is 2.56. The fraction of sp³-hybridized carbons (Fsp3) is 0.444. The molecule has 0 saturated heterocycles. The van der Waals surface area contributed by atoms with Gasteiger partial charge < -0.3 is 20.5 Å². The molecule has 0 aliphatic heterocycles.